The summed E-state index contributed by atoms with van der Waals surface area (Å²) in [5.41, 5.74) is 2.54. The Morgan fingerprint density at radius 3 is 2.92 bits per heavy atom. The predicted molar refractivity (Wildman–Crippen MR) is 98.4 cm³/mol. The first-order chi connectivity index (χ1) is 12.2. The Morgan fingerprint density at radius 2 is 2.12 bits per heavy atom. The van der Waals surface area contributed by atoms with Gasteiger partial charge in [0.15, 0.2) is 0 Å². The zero-order chi connectivity index (χ0) is 17.6. The van der Waals surface area contributed by atoms with Crippen molar-refractivity contribution in [3.8, 4) is 5.75 Å². The number of hydrogen-bond donors (Lipinski definition) is 2. The molecule has 0 radical (unpaired) electrons. The van der Waals surface area contributed by atoms with Crippen LogP contribution in [-0.4, -0.2) is 37.8 Å². The van der Waals surface area contributed by atoms with Gasteiger partial charge in [-0.2, -0.15) is 0 Å². The van der Waals surface area contributed by atoms with E-state index in [1.165, 1.54) is 5.69 Å². The van der Waals surface area contributed by atoms with Gasteiger partial charge in [0.05, 0.1) is 12.7 Å². The third-order valence-corrected chi connectivity index (χ3v) is 4.64. The number of nitrogens with zero attached hydrogens (tertiary/aromatic N) is 1. The van der Waals surface area contributed by atoms with Crippen LogP contribution < -0.4 is 15.0 Å². The maximum absolute atomic E-state index is 11.0. The van der Waals surface area contributed by atoms with Crippen molar-refractivity contribution in [2.24, 2.45) is 5.92 Å². The first-order valence-electron chi connectivity index (χ1n) is 8.57. The Kier molecular flexibility index (Phi) is 5.56. The lowest BCUT2D eigenvalue weighted by molar-refractivity contribution is 0.0696. The van der Waals surface area contributed by atoms with E-state index < -0.39 is 5.97 Å². The highest BCUT2D eigenvalue weighted by atomic mass is 16.5. The largest absolute Gasteiger partial charge is 0.497 e. The molecule has 5 nitrogen and oxygen atoms in total. The third-order valence-electron chi connectivity index (χ3n) is 4.64. The van der Waals surface area contributed by atoms with Gasteiger partial charge < -0.3 is 20.1 Å². The van der Waals surface area contributed by atoms with Gasteiger partial charge in [0.1, 0.15) is 5.75 Å². The van der Waals surface area contributed by atoms with Crippen LogP contribution in [0, 0.1) is 5.92 Å². The highest BCUT2D eigenvalue weighted by Gasteiger charge is 2.22. The minimum Gasteiger partial charge on any atom is -0.497 e. The monoisotopic (exact) mass is 340 g/mol. The lowest BCUT2D eigenvalue weighted by atomic mass is 10.1. The Labute approximate surface area is 148 Å². The molecule has 1 unspecified atom stereocenters. The van der Waals surface area contributed by atoms with Gasteiger partial charge in [0.2, 0.25) is 0 Å². The molecule has 1 aliphatic rings. The highest BCUT2D eigenvalue weighted by molar-refractivity contribution is 5.87. The number of nitrogens with one attached hydrogen (secondary N) is 1. The molecule has 1 atom stereocenters. The maximum Gasteiger partial charge on any atom is 0.335 e. The van der Waals surface area contributed by atoms with Gasteiger partial charge >= 0.3 is 5.97 Å². The molecule has 3 rings (SSSR count). The van der Waals surface area contributed by atoms with E-state index in [9.17, 15) is 4.79 Å². The van der Waals surface area contributed by atoms with Gasteiger partial charge in [0.25, 0.3) is 0 Å². The topological polar surface area (TPSA) is 61.8 Å². The fourth-order valence-electron chi connectivity index (χ4n) is 3.28. The van der Waals surface area contributed by atoms with E-state index in [0.29, 0.717) is 18.0 Å². The molecule has 0 bridgehead atoms. The molecule has 1 saturated heterocycles. The normalized spacial score (nSPS) is 16.8. The number of rotatable bonds is 7. The van der Waals surface area contributed by atoms with Gasteiger partial charge in [-0.3, -0.25) is 0 Å². The number of aromatic carboxylic acids is 1. The van der Waals surface area contributed by atoms with Crippen molar-refractivity contribution in [1.29, 1.82) is 0 Å². The second kappa shape index (κ2) is 8.03. The van der Waals surface area contributed by atoms with E-state index in [4.69, 9.17) is 9.84 Å². The smallest absolute Gasteiger partial charge is 0.335 e. The molecule has 5 heteroatoms. The van der Waals surface area contributed by atoms with Crippen molar-refractivity contribution in [2.75, 3.05) is 31.6 Å². The summed E-state index contributed by atoms with van der Waals surface area (Å²) in [6.45, 7) is 3.69. The summed E-state index contributed by atoms with van der Waals surface area (Å²) in [4.78, 5) is 13.4. The molecular weight excluding hydrogens is 316 g/mol. The van der Waals surface area contributed by atoms with Crippen LogP contribution in [0.25, 0.3) is 0 Å². The molecule has 0 spiro atoms. The average molecular weight is 340 g/mol. The molecule has 0 aromatic heterocycles. The highest BCUT2D eigenvalue weighted by Crippen LogP contribution is 2.26. The molecule has 0 amide bonds. The number of benzene rings is 2. The number of carboxylic acid groups (broad SMARTS) is 1. The zero-order valence-electron chi connectivity index (χ0n) is 14.4. The molecule has 2 N–H and O–H groups in total. The molecule has 1 fully saturated rings. The Hall–Kier alpha value is -2.53. The van der Waals surface area contributed by atoms with Crippen LogP contribution in [0.1, 0.15) is 22.3 Å². The van der Waals surface area contributed by atoms with Gasteiger partial charge in [0, 0.05) is 37.9 Å². The summed E-state index contributed by atoms with van der Waals surface area (Å²) in [5.74, 6) is 0.595. The van der Waals surface area contributed by atoms with Crippen LogP contribution in [0.15, 0.2) is 48.5 Å². The molecule has 0 aliphatic carbocycles. The zero-order valence-corrected chi connectivity index (χ0v) is 14.4. The summed E-state index contributed by atoms with van der Waals surface area (Å²) in [5, 5.41) is 12.5. The molecule has 132 valence electrons. The van der Waals surface area contributed by atoms with E-state index in [1.807, 2.05) is 18.2 Å². The SMILES string of the molecule is COc1cccc(N2CCC(CNCc3cccc(C(=O)O)c3)C2)c1. The maximum atomic E-state index is 11.0. The van der Waals surface area contributed by atoms with Crippen molar-refractivity contribution in [2.45, 2.75) is 13.0 Å². The van der Waals surface area contributed by atoms with Crippen LogP contribution >= 0.6 is 0 Å². The molecular formula is C20H24N2O3. The summed E-state index contributed by atoms with van der Waals surface area (Å²) in [6, 6.07) is 15.3. The fraction of sp³-hybridized carbons (Fsp3) is 0.350. The summed E-state index contributed by atoms with van der Waals surface area (Å²) in [7, 11) is 1.69. The quantitative estimate of drug-likeness (QED) is 0.811. The Morgan fingerprint density at radius 1 is 1.28 bits per heavy atom. The number of carboxylic acids is 1. The van der Waals surface area contributed by atoms with Crippen LogP contribution in [0.3, 0.4) is 0 Å². The Bertz CT molecular complexity index is 732. The first kappa shape index (κ1) is 17.3. The van der Waals surface area contributed by atoms with Crippen LogP contribution in [-0.2, 0) is 6.54 Å². The lowest BCUT2D eigenvalue weighted by Crippen LogP contribution is -2.26. The molecule has 1 aliphatic heterocycles. The summed E-state index contributed by atoms with van der Waals surface area (Å²) in [6.07, 6.45) is 1.15. The summed E-state index contributed by atoms with van der Waals surface area (Å²) >= 11 is 0. The third kappa shape index (κ3) is 4.51. The second-order valence-corrected chi connectivity index (χ2v) is 6.44. The van der Waals surface area contributed by atoms with E-state index in [0.717, 1.165) is 37.4 Å². The molecule has 2 aromatic rings. The minimum absolute atomic E-state index is 0.337. The van der Waals surface area contributed by atoms with E-state index in [2.05, 4.69) is 22.3 Å². The predicted octanol–water partition coefficient (Wildman–Crippen LogP) is 3.01. The average Bonchev–Trinajstić information content (AvgIpc) is 3.11. The van der Waals surface area contributed by atoms with Crippen molar-refractivity contribution < 1.29 is 14.6 Å². The molecule has 0 saturated carbocycles. The second-order valence-electron chi connectivity index (χ2n) is 6.44. The van der Waals surface area contributed by atoms with Crippen molar-refractivity contribution in [3.05, 3.63) is 59.7 Å². The molecule has 1 heterocycles. The van der Waals surface area contributed by atoms with Crippen LogP contribution in [0.5, 0.6) is 5.75 Å². The number of carbonyl (C=O) groups is 1. The van der Waals surface area contributed by atoms with E-state index >= 15 is 0 Å². The van der Waals surface area contributed by atoms with E-state index in [1.54, 1.807) is 25.3 Å². The van der Waals surface area contributed by atoms with Gasteiger partial charge in [-0.25, -0.2) is 4.79 Å². The first-order valence-corrected chi connectivity index (χ1v) is 8.57. The molecule has 2 aromatic carbocycles. The fourth-order valence-corrected chi connectivity index (χ4v) is 3.28. The number of anilines is 1. The van der Waals surface area contributed by atoms with Gasteiger partial charge in [-0.05, 0) is 42.2 Å². The van der Waals surface area contributed by atoms with E-state index in [-0.39, 0.29) is 0 Å². The minimum atomic E-state index is -0.883. The van der Waals surface area contributed by atoms with Crippen molar-refractivity contribution >= 4 is 11.7 Å². The number of methoxy groups -OCH3 is 1. The Balaban J connectivity index is 1.49. The van der Waals surface area contributed by atoms with Crippen LogP contribution in [0.2, 0.25) is 0 Å². The molecule has 25 heavy (non-hydrogen) atoms. The lowest BCUT2D eigenvalue weighted by Gasteiger charge is -2.19. The van der Waals surface area contributed by atoms with Crippen LogP contribution in [0.4, 0.5) is 5.69 Å². The van der Waals surface area contributed by atoms with Gasteiger partial charge in [-0.15, -0.1) is 0 Å². The summed E-state index contributed by atoms with van der Waals surface area (Å²) < 4.78 is 5.30. The standard InChI is InChI=1S/C20H24N2O3/c1-25-19-7-3-6-18(11-19)22-9-8-16(14-22)13-21-12-15-4-2-5-17(10-15)20(23)24/h2-7,10-11,16,21H,8-9,12-14H2,1H3,(H,23,24). The number of ether oxygens (including phenoxy) is 1. The van der Waals surface area contributed by atoms with Gasteiger partial charge in [-0.1, -0.05) is 18.2 Å². The number of hydrogen-bond acceptors (Lipinski definition) is 4. The van der Waals surface area contributed by atoms with Crippen molar-refractivity contribution in [1.82, 2.24) is 5.32 Å². The van der Waals surface area contributed by atoms with Crippen molar-refractivity contribution in [3.63, 3.8) is 0 Å².